The number of hydrogen-bond donors (Lipinski definition) is 0. The van der Waals surface area contributed by atoms with Crippen molar-refractivity contribution in [2.45, 2.75) is 13.2 Å². The van der Waals surface area contributed by atoms with E-state index in [9.17, 15) is 9.59 Å². The lowest BCUT2D eigenvalue weighted by Gasteiger charge is -1.98. The third-order valence-electron chi connectivity index (χ3n) is 0.634. The van der Waals surface area contributed by atoms with E-state index in [0.717, 1.165) is 0 Å². The van der Waals surface area contributed by atoms with Gasteiger partial charge in [0, 0.05) is 6.61 Å². The fourth-order valence-corrected chi connectivity index (χ4v) is 0.330. The zero-order valence-electron chi connectivity index (χ0n) is 5.03. The highest BCUT2D eigenvalue weighted by Crippen LogP contribution is 1.85. The first-order valence-corrected chi connectivity index (χ1v) is 2.49. The molecule has 4 nitrogen and oxygen atoms in total. The van der Waals surface area contributed by atoms with Crippen LogP contribution in [0.2, 0.25) is 0 Å². The number of rotatable bonds is 4. The van der Waals surface area contributed by atoms with Crippen LogP contribution in [-0.2, 0) is 14.3 Å². The van der Waals surface area contributed by atoms with Crippen LogP contribution in [0.15, 0.2) is 4.99 Å². The highest BCUT2D eigenvalue weighted by molar-refractivity contribution is 5.57. The molecule has 9 heavy (non-hydrogen) atoms. The monoisotopic (exact) mass is 129 g/mol. The Morgan fingerprint density at radius 1 is 1.89 bits per heavy atom. The number of nitrogens with zero attached hydrogens (tertiary/aromatic N) is 1. The second kappa shape index (κ2) is 5.15. The maximum Gasteiger partial charge on any atom is 0.238 e. The largest absolute Gasteiger partial charge is 0.350 e. The summed E-state index contributed by atoms with van der Waals surface area (Å²) in [6.07, 6.45) is 0.696. The Bertz CT molecular complexity index is 128. The third-order valence-corrected chi connectivity index (χ3v) is 0.634. The Balaban J connectivity index is 3.67. The molecule has 0 rings (SSSR count). The molecular weight excluding hydrogens is 122 g/mol. The van der Waals surface area contributed by atoms with Gasteiger partial charge in [-0.15, -0.1) is 0 Å². The summed E-state index contributed by atoms with van der Waals surface area (Å²) in [5, 5.41) is 0. The van der Waals surface area contributed by atoms with Gasteiger partial charge in [-0.25, -0.2) is 4.79 Å². The average molecular weight is 129 g/mol. The minimum absolute atomic E-state index is 0.356. The van der Waals surface area contributed by atoms with Gasteiger partial charge in [0.1, 0.15) is 0 Å². The highest BCUT2D eigenvalue weighted by Gasteiger charge is 2.00. The van der Waals surface area contributed by atoms with Crippen molar-refractivity contribution >= 4 is 12.4 Å². The van der Waals surface area contributed by atoms with E-state index >= 15 is 0 Å². The van der Waals surface area contributed by atoms with Crippen molar-refractivity contribution < 1.29 is 14.3 Å². The van der Waals surface area contributed by atoms with Crippen LogP contribution in [0.25, 0.3) is 0 Å². The van der Waals surface area contributed by atoms with Gasteiger partial charge in [0.2, 0.25) is 12.3 Å². The van der Waals surface area contributed by atoms with Gasteiger partial charge < -0.3 is 4.74 Å². The Hall–Kier alpha value is -0.990. The average Bonchev–Trinajstić information content (AvgIpc) is 1.88. The van der Waals surface area contributed by atoms with E-state index < -0.39 is 6.23 Å². The van der Waals surface area contributed by atoms with E-state index in [-0.39, 0.29) is 0 Å². The summed E-state index contributed by atoms with van der Waals surface area (Å²) in [7, 11) is 0. The van der Waals surface area contributed by atoms with Crippen molar-refractivity contribution in [2.24, 2.45) is 4.99 Å². The van der Waals surface area contributed by atoms with Gasteiger partial charge >= 0.3 is 0 Å². The van der Waals surface area contributed by atoms with Crippen molar-refractivity contribution in [3.63, 3.8) is 0 Å². The standard InChI is InChI=1S/C5H7NO3/c1-2-9-5(3-7)6-4-8/h3,5H,2H2,1H3. The molecule has 0 aromatic heterocycles. The van der Waals surface area contributed by atoms with E-state index in [0.29, 0.717) is 12.9 Å². The maximum atomic E-state index is 9.89. The first-order chi connectivity index (χ1) is 4.35. The summed E-state index contributed by atoms with van der Waals surface area (Å²) in [6, 6.07) is 0. The van der Waals surface area contributed by atoms with Crippen LogP contribution in [0, 0.1) is 0 Å². The third kappa shape index (κ3) is 3.58. The molecule has 0 N–H and O–H groups in total. The van der Waals surface area contributed by atoms with Crippen LogP contribution >= 0.6 is 0 Å². The topological polar surface area (TPSA) is 55.7 Å². The van der Waals surface area contributed by atoms with Gasteiger partial charge in [0.15, 0.2) is 6.29 Å². The number of isocyanates is 1. The predicted octanol–water partition coefficient (Wildman–Crippen LogP) is -0.116. The minimum atomic E-state index is -0.965. The number of carbonyl (C=O) groups is 1. The highest BCUT2D eigenvalue weighted by atomic mass is 16.5. The predicted molar refractivity (Wildman–Crippen MR) is 29.6 cm³/mol. The summed E-state index contributed by atoms with van der Waals surface area (Å²) in [5.74, 6) is 0. The molecule has 0 aliphatic heterocycles. The molecule has 0 amide bonds. The summed E-state index contributed by atoms with van der Waals surface area (Å²) in [5.41, 5.74) is 0. The maximum absolute atomic E-state index is 9.89. The number of aliphatic imine (C=N–C) groups is 1. The van der Waals surface area contributed by atoms with Crippen LogP contribution in [0.1, 0.15) is 6.92 Å². The minimum Gasteiger partial charge on any atom is -0.350 e. The summed E-state index contributed by atoms with van der Waals surface area (Å²) in [6.45, 7) is 2.06. The van der Waals surface area contributed by atoms with Crippen LogP contribution in [0.3, 0.4) is 0 Å². The normalized spacial score (nSPS) is 11.7. The lowest BCUT2D eigenvalue weighted by molar-refractivity contribution is -0.117. The van der Waals surface area contributed by atoms with Crippen molar-refractivity contribution in [1.29, 1.82) is 0 Å². The van der Waals surface area contributed by atoms with Crippen LogP contribution in [0.5, 0.6) is 0 Å². The zero-order chi connectivity index (χ0) is 7.11. The van der Waals surface area contributed by atoms with Crippen LogP contribution in [0.4, 0.5) is 0 Å². The number of hydrogen-bond acceptors (Lipinski definition) is 4. The molecule has 50 valence electrons. The molecule has 1 unspecified atom stereocenters. The second-order valence-corrected chi connectivity index (χ2v) is 1.20. The fraction of sp³-hybridized carbons (Fsp3) is 0.600. The molecule has 0 aliphatic carbocycles. The molecule has 1 atom stereocenters. The van der Waals surface area contributed by atoms with E-state index in [1.54, 1.807) is 6.92 Å². The van der Waals surface area contributed by atoms with E-state index in [1.165, 1.54) is 6.08 Å². The quantitative estimate of drug-likeness (QED) is 0.302. The van der Waals surface area contributed by atoms with Crippen molar-refractivity contribution in [2.75, 3.05) is 6.61 Å². The van der Waals surface area contributed by atoms with Crippen molar-refractivity contribution in [3.8, 4) is 0 Å². The zero-order valence-corrected chi connectivity index (χ0v) is 5.03. The molecule has 0 bridgehead atoms. The number of ether oxygens (including phenoxy) is 1. The summed E-state index contributed by atoms with van der Waals surface area (Å²) in [4.78, 5) is 22.4. The molecule has 0 aliphatic rings. The molecule has 0 spiro atoms. The number of carbonyl (C=O) groups excluding carboxylic acids is 2. The number of aldehydes is 1. The van der Waals surface area contributed by atoms with Gasteiger partial charge in [-0.05, 0) is 6.92 Å². The Kier molecular flexibility index (Phi) is 4.59. The Labute approximate surface area is 52.5 Å². The lowest BCUT2D eigenvalue weighted by Crippen LogP contribution is -2.10. The Morgan fingerprint density at radius 3 is 2.89 bits per heavy atom. The van der Waals surface area contributed by atoms with Crippen LogP contribution in [-0.4, -0.2) is 25.2 Å². The van der Waals surface area contributed by atoms with Gasteiger partial charge in [-0.1, -0.05) is 0 Å². The molecule has 0 saturated carbocycles. The first kappa shape index (κ1) is 8.01. The Morgan fingerprint density at radius 2 is 2.56 bits per heavy atom. The molecule has 0 fully saturated rings. The molecule has 0 aromatic rings. The molecular formula is C5H7NO3. The van der Waals surface area contributed by atoms with Gasteiger partial charge in [0.25, 0.3) is 0 Å². The molecule has 0 radical (unpaired) electrons. The van der Waals surface area contributed by atoms with E-state index in [4.69, 9.17) is 0 Å². The summed E-state index contributed by atoms with van der Waals surface area (Å²) < 4.78 is 4.63. The van der Waals surface area contributed by atoms with Gasteiger partial charge in [-0.2, -0.15) is 4.99 Å². The van der Waals surface area contributed by atoms with Crippen molar-refractivity contribution in [1.82, 2.24) is 0 Å². The van der Waals surface area contributed by atoms with Gasteiger partial charge in [0.05, 0.1) is 0 Å². The van der Waals surface area contributed by atoms with E-state index in [1.807, 2.05) is 0 Å². The summed E-state index contributed by atoms with van der Waals surface area (Å²) >= 11 is 0. The molecule has 4 heteroatoms. The fourth-order valence-electron chi connectivity index (χ4n) is 0.330. The lowest BCUT2D eigenvalue weighted by atomic mass is 10.6. The molecule has 0 heterocycles. The van der Waals surface area contributed by atoms with Crippen LogP contribution < -0.4 is 0 Å². The van der Waals surface area contributed by atoms with Gasteiger partial charge in [-0.3, -0.25) is 4.79 Å². The first-order valence-electron chi connectivity index (χ1n) is 2.49. The SMILES string of the molecule is CCOC(C=O)N=C=O. The van der Waals surface area contributed by atoms with Crippen molar-refractivity contribution in [3.05, 3.63) is 0 Å². The van der Waals surface area contributed by atoms with E-state index in [2.05, 4.69) is 9.73 Å². The molecule has 0 aromatic carbocycles. The second-order valence-electron chi connectivity index (χ2n) is 1.20. The smallest absolute Gasteiger partial charge is 0.238 e. The molecule has 0 saturated heterocycles.